The smallest absolute Gasteiger partial charge is 0.0223 e. The third kappa shape index (κ3) is 3.88. The number of rotatable bonds is 5. The van der Waals surface area contributed by atoms with E-state index in [1.165, 1.54) is 44.1 Å². The first-order valence-corrected chi connectivity index (χ1v) is 7.67. The summed E-state index contributed by atoms with van der Waals surface area (Å²) in [5, 5.41) is 3.72. The van der Waals surface area contributed by atoms with Crippen LogP contribution in [0.2, 0.25) is 0 Å². The number of hydrogen-bond acceptors (Lipinski definition) is 1. The first-order chi connectivity index (χ1) is 8.79. The van der Waals surface area contributed by atoms with Crippen molar-refractivity contribution in [1.82, 2.24) is 9.88 Å². The van der Waals surface area contributed by atoms with Crippen LogP contribution in [-0.4, -0.2) is 10.6 Å². The van der Waals surface area contributed by atoms with Crippen LogP contribution >= 0.6 is 0 Å². The van der Waals surface area contributed by atoms with E-state index in [-0.39, 0.29) is 0 Å². The molecule has 0 spiro atoms. The minimum atomic E-state index is 0.660. The van der Waals surface area contributed by atoms with E-state index in [2.05, 4.69) is 42.2 Å². The average Bonchev–Trinajstić information content (AvgIpc) is 2.68. The highest BCUT2D eigenvalue weighted by molar-refractivity contribution is 5.10. The van der Waals surface area contributed by atoms with E-state index in [1.807, 2.05) is 0 Å². The summed E-state index contributed by atoms with van der Waals surface area (Å²) in [6.45, 7) is 6.64. The molecule has 102 valence electrons. The molecule has 1 fully saturated rings. The van der Waals surface area contributed by atoms with Gasteiger partial charge in [0.25, 0.3) is 0 Å². The van der Waals surface area contributed by atoms with E-state index in [0.717, 1.165) is 19.0 Å². The SMILES string of the molecule is CCn1ccc(CN[C@H](C)C2CCCCCC2)c1. The summed E-state index contributed by atoms with van der Waals surface area (Å²) in [5.41, 5.74) is 1.41. The van der Waals surface area contributed by atoms with Crippen LogP contribution in [0.5, 0.6) is 0 Å². The fourth-order valence-electron chi connectivity index (χ4n) is 3.05. The van der Waals surface area contributed by atoms with Crippen LogP contribution in [0, 0.1) is 5.92 Å². The maximum absolute atomic E-state index is 3.72. The average molecular weight is 248 g/mol. The molecule has 1 atom stereocenters. The highest BCUT2D eigenvalue weighted by atomic mass is 14.9. The second-order valence-electron chi connectivity index (χ2n) is 5.77. The van der Waals surface area contributed by atoms with Gasteiger partial charge in [0.2, 0.25) is 0 Å². The maximum Gasteiger partial charge on any atom is 0.0223 e. The highest BCUT2D eigenvalue weighted by Crippen LogP contribution is 2.25. The van der Waals surface area contributed by atoms with Crippen LogP contribution in [0.15, 0.2) is 18.5 Å². The third-order valence-electron chi connectivity index (χ3n) is 4.41. The zero-order valence-electron chi connectivity index (χ0n) is 12.0. The fourth-order valence-corrected chi connectivity index (χ4v) is 3.05. The van der Waals surface area contributed by atoms with Crippen molar-refractivity contribution in [3.8, 4) is 0 Å². The molecule has 0 aliphatic heterocycles. The Morgan fingerprint density at radius 3 is 2.61 bits per heavy atom. The topological polar surface area (TPSA) is 17.0 Å². The van der Waals surface area contributed by atoms with Gasteiger partial charge in [0.15, 0.2) is 0 Å². The van der Waals surface area contributed by atoms with Crippen molar-refractivity contribution < 1.29 is 0 Å². The molecule has 2 nitrogen and oxygen atoms in total. The van der Waals surface area contributed by atoms with Gasteiger partial charge in [0.1, 0.15) is 0 Å². The van der Waals surface area contributed by atoms with E-state index < -0.39 is 0 Å². The molecule has 0 unspecified atom stereocenters. The Hall–Kier alpha value is -0.760. The fraction of sp³-hybridized carbons (Fsp3) is 0.750. The Morgan fingerprint density at radius 2 is 2.00 bits per heavy atom. The zero-order valence-corrected chi connectivity index (χ0v) is 12.0. The monoisotopic (exact) mass is 248 g/mol. The largest absolute Gasteiger partial charge is 0.354 e. The minimum Gasteiger partial charge on any atom is -0.354 e. The lowest BCUT2D eigenvalue weighted by Crippen LogP contribution is -2.32. The Kier molecular flexibility index (Phi) is 5.30. The zero-order chi connectivity index (χ0) is 12.8. The molecule has 0 aromatic carbocycles. The summed E-state index contributed by atoms with van der Waals surface area (Å²) >= 11 is 0. The van der Waals surface area contributed by atoms with Crippen LogP contribution in [0.4, 0.5) is 0 Å². The first-order valence-electron chi connectivity index (χ1n) is 7.67. The molecule has 1 N–H and O–H groups in total. The second kappa shape index (κ2) is 6.98. The quantitative estimate of drug-likeness (QED) is 0.781. The van der Waals surface area contributed by atoms with Gasteiger partial charge in [-0.3, -0.25) is 0 Å². The van der Waals surface area contributed by atoms with Gasteiger partial charge in [-0.1, -0.05) is 25.7 Å². The molecule has 1 aliphatic rings. The summed E-state index contributed by atoms with van der Waals surface area (Å²) in [5.74, 6) is 0.890. The van der Waals surface area contributed by atoms with Crippen molar-refractivity contribution in [2.24, 2.45) is 5.92 Å². The number of aryl methyl sites for hydroxylation is 1. The second-order valence-corrected chi connectivity index (χ2v) is 5.77. The van der Waals surface area contributed by atoms with Gasteiger partial charge < -0.3 is 9.88 Å². The van der Waals surface area contributed by atoms with Gasteiger partial charge in [0, 0.05) is 31.5 Å². The molecule has 1 aromatic heterocycles. The van der Waals surface area contributed by atoms with E-state index in [9.17, 15) is 0 Å². The molecule has 18 heavy (non-hydrogen) atoms. The van der Waals surface area contributed by atoms with E-state index in [0.29, 0.717) is 6.04 Å². The highest BCUT2D eigenvalue weighted by Gasteiger charge is 2.18. The standard InChI is InChI=1S/C16H28N2/c1-3-18-11-10-15(13-18)12-17-14(2)16-8-6-4-5-7-9-16/h10-11,13-14,16-17H,3-9,12H2,1-2H3/t14-/m1/s1. The lowest BCUT2D eigenvalue weighted by atomic mass is 9.93. The number of aromatic nitrogens is 1. The Balaban J connectivity index is 1.77. The summed E-state index contributed by atoms with van der Waals surface area (Å²) in [6.07, 6.45) is 13.0. The third-order valence-corrected chi connectivity index (χ3v) is 4.41. The van der Waals surface area contributed by atoms with Crippen LogP contribution in [0.25, 0.3) is 0 Å². The summed E-state index contributed by atoms with van der Waals surface area (Å²) in [6, 6.07) is 2.89. The summed E-state index contributed by atoms with van der Waals surface area (Å²) < 4.78 is 2.24. The Labute approximate surface area is 112 Å². The van der Waals surface area contributed by atoms with Crippen LogP contribution in [0.1, 0.15) is 57.9 Å². The maximum atomic E-state index is 3.72. The molecular weight excluding hydrogens is 220 g/mol. The predicted molar refractivity (Wildman–Crippen MR) is 77.6 cm³/mol. The number of hydrogen-bond donors (Lipinski definition) is 1. The molecule has 2 rings (SSSR count). The van der Waals surface area contributed by atoms with Crippen molar-refractivity contribution in [3.05, 3.63) is 24.0 Å². The van der Waals surface area contributed by atoms with Gasteiger partial charge >= 0.3 is 0 Å². The van der Waals surface area contributed by atoms with Crippen molar-refractivity contribution in [2.75, 3.05) is 0 Å². The molecule has 1 heterocycles. The number of nitrogens with one attached hydrogen (secondary N) is 1. The molecule has 1 saturated carbocycles. The summed E-state index contributed by atoms with van der Waals surface area (Å²) in [7, 11) is 0. The van der Waals surface area contributed by atoms with Crippen LogP contribution in [-0.2, 0) is 13.1 Å². The number of nitrogens with zero attached hydrogens (tertiary/aromatic N) is 1. The van der Waals surface area contributed by atoms with Crippen LogP contribution in [0.3, 0.4) is 0 Å². The lowest BCUT2D eigenvalue weighted by Gasteiger charge is -2.23. The normalized spacial score (nSPS) is 19.7. The van der Waals surface area contributed by atoms with Crippen LogP contribution < -0.4 is 5.32 Å². The predicted octanol–water partition coefficient (Wildman–Crippen LogP) is 3.96. The molecule has 0 amide bonds. The van der Waals surface area contributed by atoms with Gasteiger partial charge in [-0.05, 0) is 44.2 Å². The summed E-state index contributed by atoms with van der Waals surface area (Å²) in [4.78, 5) is 0. The Morgan fingerprint density at radius 1 is 1.28 bits per heavy atom. The lowest BCUT2D eigenvalue weighted by molar-refractivity contribution is 0.336. The van der Waals surface area contributed by atoms with Crippen molar-refractivity contribution in [3.63, 3.8) is 0 Å². The van der Waals surface area contributed by atoms with Crippen molar-refractivity contribution in [2.45, 2.75) is 71.5 Å². The van der Waals surface area contributed by atoms with E-state index in [4.69, 9.17) is 0 Å². The first kappa shape index (κ1) is 13.7. The van der Waals surface area contributed by atoms with Crippen molar-refractivity contribution in [1.29, 1.82) is 0 Å². The molecule has 2 heteroatoms. The van der Waals surface area contributed by atoms with E-state index in [1.54, 1.807) is 0 Å². The minimum absolute atomic E-state index is 0.660. The molecule has 0 radical (unpaired) electrons. The van der Waals surface area contributed by atoms with Gasteiger partial charge in [-0.25, -0.2) is 0 Å². The molecule has 1 aromatic rings. The van der Waals surface area contributed by atoms with Gasteiger partial charge in [0.05, 0.1) is 0 Å². The molecule has 0 bridgehead atoms. The van der Waals surface area contributed by atoms with Gasteiger partial charge in [-0.15, -0.1) is 0 Å². The molecule has 1 aliphatic carbocycles. The van der Waals surface area contributed by atoms with E-state index >= 15 is 0 Å². The molecular formula is C16H28N2. The molecule has 0 saturated heterocycles. The Bertz CT molecular complexity index is 335. The van der Waals surface area contributed by atoms with Gasteiger partial charge in [-0.2, -0.15) is 0 Å². The van der Waals surface area contributed by atoms with Crippen molar-refractivity contribution >= 4 is 0 Å².